The SMILES string of the molecule is CNc1ncc(C(=O)c2coc3cc(Oc4ccccc4)ccc3c2=O)cc1C. The first-order valence-electron chi connectivity index (χ1n) is 9.04. The van der Waals surface area contributed by atoms with Gasteiger partial charge in [0.1, 0.15) is 34.7 Å². The van der Waals surface area contributed by atoms with Gasteiger partial charge in [-0.25, -0.2) is 4.98 Å². The molecule has 0 radical (unpaired) electrons. The first-order chi connectivity index (χ1) is 14.1. The van der Waals surface area contributed by atoms with Gasteiger partial charge in [0, 0.05) is 24.9 Å². The number of para-hydroxylation sites is 1. The first kappa shape index (κ1) is 18.4. The number of rotatable bonds is 5. The van der Waals surface area contributed by atoms with E-state index in [1.165, 1.54) is 12.5 Å². The van der Waals surface area contributed by atoms with Crippen molar-refractivity contribution < 1.29 is 13.9 Å². The highest BCUT2D eigenvalue weighted by Gasteiger charge is 2.18. The zero-order valence-electron chi connectivity index (χ0n) is 15.9. The Kier molecular flexibility index (Phi) is 4.83. The molecule has 2 aromatic carbocycles. The van der Waals surface area contributed by atoms with Crippen molar-refractivity contribution in [3.05, 3.63) is 94.0 Å². The molecule has 0 aliphatic rings. The fourth-order valence-corrected chi connectivity index (χ4v) is 3.07. The molecule has 2 heterocycles. The topological polar surface area (TPSA) is 81.4 Å². The fraction of sp³-hybridized carbons (Fsp3) is 0.0870. The van der Waals surface area contributed by atoms with Gasteiger partial charge in [-0.3, -0.25) is 9.59 Å². The van der Waals surface area contributed by atoms with Crippen molar-refractivity contribution in [2.24, 2.45) is 0 Å². The molecule has 2 aromatic heterocycles. The molecule has 0 spiro atoms. The molecule has 0 atom stereocenters. The zero-order chi connectivity index (χ0) is 20.4. The van der Waals surface area contributed by atoms with Crippen LogP contribution in [0.2, 0.25) is 0 Å². The Bertz CT molecular complexity index is 1260. The quantitative estimate of drug-likeness (QED) is 0.506. The Morgan fingerprint density at radius 1 is 1.07 bits per heavy atom. The van der Waals surface area contributed by atoms with Crippen LogP contribution in [0, 0.1) is 6.92 Å². The van der Waals surface area contributed by atoms with Crippen molar-refractivity contribution >= 4 is 22.6 Å². The molecule has 6 heteroatoms. The van der Waals surface area contributed by atoms with E-state index in [4.69, 9.17) is 9.15 Å². The molecular weight excluding hydrogens is 368 g/mol. The van der Waals surface area contributed by atoms with Gasteiger partial charge in [-0.05, 0) is 42.8 Å². The molecule has 0 saturated heterocycles. The molecule has 0 aliphatic carbocycles. The first-order valence-corrected chi connectivity index (χ1v) is 9.04. The highest BCUT2D eigenvalue weighted by atomic mass is 16.5. The standard InChI is InChI=1S/C23H18N2O4/c1-14-10-15(12-25-23(14)24-2)21(26)19-13-28-20-11-17(8-9-18(20)22(19)27)29-16-6-4-3-5-7-16/h3-13H,1-2H3,(H,24,25). The normalized spacial score (nSPS) is 10.7. The van der Waals surface area contributed by atoms with E-state index in [9.17, 15) is 9.59 Å². The van der Waals surface area contributed by atoms with Gasteiger partial charge in [-0.1, -0.05) is 18.2 Å². The number of fused-ring (bicyclic) bond motifs is 1. The second-order valence-corrected chi connectivity index (χ2v) is 6.52. The number of carbonyl (C=O) groups excluding carboxylic acids is 1. The Morgan fingerprint density at radius 2 is 1.86 bits per heavy atom. The van der Waals surface area contributed by atoms with Crippen LogP contribution in [0.3, 0.4) is 0 Å². The fourth-order valence-electron chi connectivity index (χ4n) is 3.07. The van der Waals surface area contributed by atoms with Crippen molar-refractivity contribution in [2.75, 3.05) is 12.4 Å². The second-order valence-electron chi connectivity index (χ2n) is 6.52. The van der Waals surface area contributed by atoms with Crippen molar-refractivity contribution in [1.29, 1.82) is 0 Å². The van der Waals surface area contributed by atoms with Gasteiger partial charge in [0.2, 0.25) is 11.2 Å². The summed E-state index contributed by atoms with van der Waals surface area (Å²) >= 11 is 0. The molecule has 0 saturated carbocycles. The van der Waals surface area contributed by atoms with Gasteiger partial charge < -0.3 is 14.5 Å². The Balaban J connectivity index is 1.69. The number of hydrogen-bond donors (Lipinski definition) is 1. The number of hydrogen-bond acceptors (Lipinski definition) is 6. The summed E-state index contributed by atoms with van der Waals surface area (Å²) in [6.45, 7) is 1.84. The maximum Gasteiger partial charge on any atom is 0.203 e. The van der Waals surface area contributed by atoms with Crippen LogP contribution in [0.5, 0.6) is 11.5 Å². The summed E-state index contributed by atoms with van der Waals surface area (Å²) < 4.78 is 11.4. The summed E-state index contributed by atoms with van der Waals surface area (Å²) in [4.78, 5) is 29.9. The molecule has 0 aliphatic heterocycles. The predicted molar refractivity (Wildman–Crippen MR) is 111 cm³/mol. The van der Waals surface area contributed by atoms with Crippen molar-refractivity contribution in [3.8, 4) is 11.5 Å². The van der Waals surface area contributed by atoms with Crippen LogP contribution < -0.4 is 15.5 Å². The monoisotopic (exact) mass is 386 g/mol. The van der Waals surface area contributed by atoms with E-state index in [-0.39, 0.29) is 5.56 Å². The summed E-state index contributed by atoms with van der Waals surface area (Å²) in [7, 11) is 1.75. The summed E-state index contributed by atoms with van der Waals surface area (Å²) in [6.07, 6.45) is 2.64. The lowest BCUT2D eigenvalue weighted by Crippen LogP contribution is -2.16. The highest BCUT2D eigenvalue weighted by Crippen LogP contribution is 2.25. The van der Waals surface area contributed by atoms with E-state index in [0.29, 0.717) is 33.8 Å². The summed E-state index contributed by atoms with van der Waals surface area (Å²) in [5.41, 5.74) is 1.06. The van der Waals surface area contributed by atoms with E-state index in [0.717, 1.165) is 5.56 Å². The lowest BCUT2D eigenvalue weighted by atomic mass is 10.0. The van der Waals surface area contributed by atoms with Crippen LogP contribution in [0.25, 0.3) is 11.0 Å². The van der Waals surface area contributed by atoms with Gasteiger partial charge in [0.25, 0.3) is 0 Å². The van der Waals surface area contributed by atoms with Gasteiger partial charge in [-0.2, -0.15) is 0 Å². The van der Waals surface area contributed by atoms with E-state index >= 15 is 0 Å². The molecule has 0 fully saturated rings. The molecule has 4 aromatic rings. The minimum absolute atomic E-state index is 0.0346. The molecule has 0 bridgehead atoms. The smallest absolute Gasteiger partial charge is 0.203 e. The Morgan fingerprint density at radius 3 is 2.59 bits per heavy atom. The predicted octanol–water partition coefficient (Wildman–Crippen LogP) is 4.56. The van der Waals surface area contributed by atoms with E-state index in [1.54, 1.807) is 31.3 Å². The molecule has 144 valence electrons. The van der Waals surface area contributed by atoms with Crippen molar-refractivity contribution in [2.45, 2.75) is 6.92 Å². The number of nitrogens with zero attached hydrogens (tertiary/aromatic N) is 1. The minimum atomic E-state index is -0.427. The Hall–Kier alpha value is -3.93. The third-order valence-corrected chi connectivity index (χ3v) is 4.55. The number of anilines is 1. The molecule has 0 amide bonds. The number of aromatic nitrogens is 1. The molecule has 0 unspecified atom stereocenters. The lowest BCUT2D eigenvalue weighted by Gasteiger charge is -2.08. The average Bonchev–Trinajstić information content (AvgIpc) is 2.74. The molecule has 4 rings (SSSR count). The van der Waals surface area contributed by atoms with E-state index < -0.39 is 11.2 Å². The van der Waals surface area contributed by atoms with Crippen LogP contribution in [0.1, 0.15) is 21.5 Å². The number of benzene rings is 2. The number of aryl methyl sites for hydroxylation is 1. The number of pyridine rings is 1. The zero-order valence-corrected chi connectivity index (χ0v) is 15.9. The Labute approximate surface area is 166 Å². The van der Waals surface area contributed by atoms with Crippen molar-refractivity contribution in [3.63, 3.8) is 0 Å². The lowest BCUT2D eigenvalue weighted by molar-refractivity contribution is 0.103. The number of ether oxygens (including phenoxy) is 1. The average molecular weight is 386 g/mol. The molecule has 6 nitrogen and oxygen atoms in total. The number of carbonyl (C=O) groups is 1. The molecule has 29 heavy (non-hydrogen) atoms. The van der Waals surface area contributed by atoms with Crippen LogP contribution in [-0.4, -0.2) is 17.8 Å². The van der Waals surface area contributed by atoms with Gasteiger partial charge in [0.05, 0.1) is 5.39 Å². The minimum Gasteiger partial charge on any atom is -0.463 e. The number of nitrogens with one attached hydrogen (secondary N) is 1. The van der Waals surface area contributed by atoms with E-state index in [2.05, 4.69) is 10.3 Å². The maximum absolute atomic E-state index is 12.9. The third kappa shape index (κ3) is 3.60. The van der Waals surface area contributed by atoms with Gasteiger partial charge in [-0.15, -0.1) is 0 Å². The summed E-state index contributed by atoms with van der Waals surface area (Å²) in [5, 5.41) is 3.26. The maximum atomic E-state index is 12.9. The van der Waals surface area contributed by atoms with Crippen LogP contribution >= 0.6 is 0 Å². The van der Waals surface area contributed by atoms with E-state index in [1.807, 2.05) is 37.3 Å². The molecular formula is C23H18N2O4. The van der Waals surface area contributed by atoms with Gasteiger partial charge in [0.15, 0.2) is 0 Å². The van der Waals surface area contributed by atoms with Crippen LogP contribution in [-0.2, 0) is 0 Å². The van der Waals surface area contributed by atoms with Gasteiger partial charge >= 0.3 is 0 Å². The second kappa shape index (κ2) is 7.59. The molecule has 1 N–H and O–H groups in total. The third-order valence-electron chi connectivity index (χ3n) is 4.55. The van der Waals surface area contributed by atoms with Crippen LogP contribution in [0.4, 0.5) is 5.82 Å². The van der Waals surface area contributed by atoms with Crippen molar-refractivity contribution in [1.82, 2.24) is 4.98 Å². The summed E-state index contributed by atoms with van der Waals surface area (Å²) in [5.74, 6) is 1.46. The highest BCUT2D eigenvalue weighted by molar-refractivity contribution is 6.09. The number of ketones is 1. The van der Waals surface area contributed by atoms with Crippen LogP contribution in [0.15, 0.2) is 76.3 Å². The largest absolute Gasteiger partial charge is 0.463 e. The summed E-state index contributed by atoms with van der Waals surface area (Å²) in [6, 6.07) is 15.9.